The van der Waals surface area contributed by atoms with Crippen LogP contribution in [0.4, 0.5) is 5.69 Å². The van der Waals surface area contributed by atoms with E-state index >= 15 is 0 Å². The fraction of sp³-hybridized carbons (Fsp3) is 0.273. The molecular formula is C11H12ClNO3. The molecule has 1 N–H and O–H groups in total. The zero-order chi connectivity index (χ0) is 12.0. The van der Waals surface area contributed by atoms with Crippen molar-refractivity contribution in [1.82, 2.24) is 0 Å². The van der Waals surface area contributed by atoms with Crippen LogP contribution in [0.5, 0.6) is 0 Å². The number of esters is 1. The number of nitrogens with one attached hydrogen (secondary N) is 1. The third-order valence-corrected chi connectivity index (χ3v) is 2.03. The van der Waals surface area contributed by atoms with E-state index in [0.29, 0.717) is 10.7 Å². The van der Waals surface area contributed by atoms with Gasteiger partial charge in [0.25, 0.3) is 5.91 Å². The summed E-state index contributed by atoms with van der Waals surface area (Å²) in [5.74, 6) is -0.768. The van der Waals surface area contributed by atoms with Crippen LogP contribution in [0.3, 0.4) is 0 Å². The van der Waals surface area contributed by atoms with Crippen LogP contribution >= 0.6 is 11.6 Å². The van der Waals surface area contributed by atoms with E-state index in [1.165, 1.54) is 0 Å². The van der Waals surface area contributed by atoms with Gasteiger partial charge >= 0.3 is 5.97 Å². The SMILES string of the molecule is CCC(=O)OCC(=O)Nc1ccc(Cl)cc1. The monoisotopic (exact) mass is 241 g/mol. The first kappa shape index (κ1) is 12.5. The largest absolute Gasteiger partial charge is 0.456 e. The summed E-state index contributed by atoms with van der Waals surface area (Å²) in [6, 6.07) is 6.66. The fourth-order valence-corrected chi connectivity index (χ4v) is 1.10. The number of halogens is 1. The summed E-state index contributed by atoms with van der Waals surface area (Å²) < 4.78 is 4.67. The van der Waals surface area contributed by atoms with Crippen LogP contribution in [0.1, 0.15) is 13.3 Å². The summed E-state index contributed by atoms with van der Waals surface area (Å²) in [4.78, 5) is 22.1. The van der Waals surface area contributed by atoms with Gasteiger partial charge in [0, 0.05) is 17.1 Å². The third-order valence-electron chi connectivity index (χ3n) is 1.78. The number of hydrogen-bond acceptors (Lipinski definition) is 3. The lowest BCUT2D eigenvalue weighted by Gasteiger charge is -2.05. The molecule has 86 valence electrons. The van der Waals surface area contributed by atoms with E-state index in [2.05, 4.69) is 10.1 Å². The molecule has 1 aromatic rings. The minimum absolute atomic E-state index is 0.258. The molecule has 0 aliphatic carbocycles. The molecule has 0 aliphatic heterocycles. The summed E-state index contributed by atoms with van der Waals surface area (Å²) in [6.07, 6.45) is 0.258. The molecule has 0 atom stereocenters. The number of anilines is 1. The average Bonchev–Trinajstić information content (AvgIpc) is 2.29. The van der Waals surface area contributed by atoms with Crippen LogP contribution in [-0.4, -0.2) is 18.5 Å². The van der Waals surface area contributed by atoms with Gasteiger partial charge in [0.05, 0.1) is 0 Å². The third kappa shape index (κ3) is 4.31. The normalized spacial score (nSPS) is 9.62. The average molecular weight is 242 g/mol. The maximum atomic E-state index is 11.3. The first-order valence-electron chi connectivity index (χ1n) is 4.83. The lowest BCUT2D eigenvalue weighted by Crippen LogP contribution is -2.20. The van der Waals surface area contributed by atoms with Crippen LogP contribution < -0.4 is 5.32 Å². The van der Waals surface area contributed by atoms with Gasteiger partial charge in [-0.2, -0.15) is 0 Å². The Morgan fingerprint density at radius 1 is 1.31 bits per heavy atom. The molecule has 0 saturated heterocycles. The van der Waals surface area contributed by atoms with Crippen LogP contribution in [0, 0.1) is 0 Å². The summed E-state index contributed by atoms with van der Waals surface area (Å²) in [6.45, 7) is 1.40. The van der Waals surface area contributed by atoms with E-state index < -0.39 is 5.97 Å². The second-order valence-corrected chi connectivity index (χ2v) is 3.51. The molecule has 0 fully saturated rings. The van der Waals surface area contributed by atoms with E-state index in [-0.39, 0.29) is 18.9 Å². The predicted octanol–water partition coefficient (Wildman–Crippen LogP) is 2.23. The van der Waals surface area contributed by atoms with Gasteiger partial charge in [0.2, 0.25) is 0 Å². The van der Waals surface area contributed by atoms with E-state index in [0.717, 1.165) is 0 Å². The number of ether oxygens (including phenoxy) is 1. The maximum Gasteiger partial charge on any atom is 0.306 e. The summed E-state index contributed by atoms with van der Waals surface area (Å²) in [5, 5.41) is 3.17. The molecule has 1 aromatic carbocycles. The Morgan fingerprint density at radius 3 is 2.50 bits per heavy atom. The first-order chi connectivity index (χ1) is 7.61. The summed E-state index contributed by atoms with van der Waals surface area (Å²) >= 11 is 5.69. The van der Waals surface area contributed by atoms with Gasteiger partial charge in [0.15, 0.2) is 6.61 Å². The van der Waals surface area contributed by atoms with Crippen molar-refractivity contribution in [2.75, 3.05) is 11.9 Å². The lowest BCUT2D eigenvalue weighted by molar-refractivity contribution is -0.146. The molecule has 0 heterocycles. The molecule has 5 heteroatoms. The van der Waals surface area contributed by atoms with Gasteiger partial charge in [-0.15, -0.1) is 0 Å². The molecular weight excluding hydrogens is 230 g/mol. The van der Waals surface area contributed by atoms with Gasteiger partial charge in [-0.05, 0) is 24.3 Å². The lowest BCUT2D eigenvalue weighted by atomic mass is 10.3. The van der Waals surface area contributed by atoms with Gasteiger partial charge in [0.1, 0.15) is 0 Å². The molecule has 1 amide bonds. The maximum absolute atomic E-state index is 11.3. The standard InChI is InChI=1S/C11H12ClNO3/c1-2-11(15)16-7-10(14)13-9-5-3-8(12)4-6-9/h3-6H,2,7H2,1H3,(H,13,14). The fourth-order valence-electron chi connectivity index (χ4n) is 0.978. The van der Waals surface area contributed by atoms with Gasteiger partial charge in [-0.25, -0.2) is 0 Å². The molecule has 1 rings (SSSR count). The Bertz CT molecular complexity index is 375. The quantitative estimate of drug-likeness (QED) is 0.823. The van der Waals surface area contributed by atoms with Crippen molar-refractivity contribution in [2.45, 2.75) is 13.3 Å². The molecule has 0 radical (unpaired) electrons. The highest BCUT2D eigenvalue weighted by molar-refractivity contribution is 6.30. The van der Waals surface area contributed by atoms with Gasteiger partial charge < -0.3 is 10.1 Å². The van der Waals surface area contributed by atoms with Gasteiger partial charge in [-0.1, -0.05) is 18.5 Å². The van der Waals surface area contributed by atoms with Crippen molar-refractivity contribution >= 4 is 29.2 Å². The minimum Gasteiger partial charge on any atom is -0.456 e. The van der Waals surface area contributed by atoms with Crippen molar-refractivity contribution in [2.24, 2.45) is 0 Å². The van der Waals surface area contributed by atoms with Crippen molar-refractivity contribution in [3.8, 4) is 0 Å². The van der Waals surface area contributed by atoms with Crippen molar-refractivity contribution in [3.63, 3.8) is 0 Å². The molecule has 0 aliphatic rings. The predicted molar refractivity (Wildman–Crippen MR) is 61.3 cm³/mol. The Morgan fingerprint density at radius 2 is 1.94 bits per heavy atom. The summed E-state index contributed by atoms with van der Waals surface area (Å²) in [5.41, 5.74) is 0.613. The van der Waals surface area contributed by atoms with Gasteiger partial charge in [-0.3, -0.25) is 9.59 Å². The smallest absolute Gasteiger partial charge is 0.306 e. The van der Waals surface area contributed by atoms with Crippen LogP contribution in [0.15, 0.2) is 24.3 Å². The number of carbonyl (C=O) groups is 2. The van der Waals surface area contributed by atoms with Crippen molar-refractivity contribution in [3.05, 3.63) is 29.3 Å². The van der Waals surface area contributed by atoms with Crippen LogP contribution in [-0.2, 0) is 14.3 Å². The second kappa shape index (κ2) is 6.12. The Labute approximate surface area is 98.5 Å². The number of benzene rings is 1. The molecule has 0 spiro atoms. The number of carbonyl (C=O) groups excluding carboxylic acids is 2. The Kier molecular flexibility index (Phi) is 4.79. The topological polar surface area (TPSA) is 55.4 Å². The summed E-state index contributed by atoms with van der Waals surface area (Å²) in [7, 11) is 0. The molecule has 4 nitrogen and oxygen atoms in total. The van der Waals surface area contributed by atoms with Crippen molar-refractivity contribution in [1.29, 1.82) is 0 Å². The van der Waals surface area contributed by atoms with E-state index in [1.54, 1.807) is 31.2 Å². The molecule has 0 unspecified atom stereocenters. The number of hydrogen-bond donors (Lipinski definition) is 1. The molecule has 0 saturated carbocycles. The highest BCUT2D eigenvalue weighted by Crippen LogP contribution is 2.13. The number of rotatable bonds is 4. The molecule has 16 heavy (non-hydrogen) atoms. The second-order valence-electron chi connectivity index (χ2n) is 3.07. The molecule has 0 bridgehead atoms. The van der Waals surface area contributed by atoms with Crippen LogP contribution in [0.2, 0.25) is 5.02 Å². The zero-order valence-electron chi connectivity index (χ0n) is 8.83. The first-order valence-corrected chi connectivity index (χ1v) is 5.20. The van der Waals surface area contributed by atoms with Crippen molar-refractivity contribution < 1.29 is 14.3 Å². The highest BCUT2D eigenvalue weighted by Gasteiger charge is 2.05. The number of amides is 1. The van der Waals surface area contributed by atoms with E-state index in [1.807, 2.05) is 0 Å². The Hall–Kier alpha value is -1.55. The highest BCUT2D eigenvalue weighted by atomic mass is 35.5. The van der Waals surface area contributed by atoms with Crippen LogP contribution in [0.25, 0.3) is 0 Å². The zero-order valence-corrected chi connectivity index (χ0v) is 9.58. The van der Waals surface area contributed by atoms with E-state index in [4.69, 9.17) is 11.6 Å². The molecule has 0 aromatic heterocycles. The van der Waals surface area contributed by atoms with E-state index in [9.17, 15) is 9.59 Å². The Balaban J connectivity index is 2.40. The minimum atomic E-state index is -0.397.